The number of hydrogen-bond acceptors (Lipinski definition) is 4. The SMILES string of the molecule is CC(=O)CC(=O)OC(C)=O.[NaH]. The van der Waals surface area contributed by atoms with E-state index >= 15 is 0 Å². The first-order valence-electron chi connectivity index (χ1n) is 2.73. The summed E-state index contributed by atoms with van der Waals surface area (Å²) in [6, 6.07) is 0. The third-order valence-corrected chi connectivity index (χ3v) is 0.651. The summed E-state index contributed by atoms with van der Waals surface area (Å²) >= 11 is 0. The van der Waals surface area contributed by atoms with Crippen molar-refractivity contribution in [2.24, 2.45) is 0 Å². The Hall–Kier alpha value is -0.190. The van der Waals surface area contributed by atoms with Gasteiger partial charge in [-0.25, -0.2) is 0 Å². The number of carbonyl (C=O) groups is 3. The van der Waals surface area contributed by atoms with Crippen molar-refractivity contribution in [1.29, 1.82) is 0 Å². The average molecular weight is 168 g/mol. The van der Waals surface area contributed by atoms with Gasteiger partial charge >= 0.3 is 41.5 Å². The molecule has 0 rings (SSSR count). The molecule has 0 spiro atoms. The van der Waals surface area contributed by atoms with Crippen LogP contribution in [0.5, 0.6) is 0 Å². The quantitative estimate of drug-likeness (QED) is 0.314. The van der Waals surface area contributed by atoms with E-state index in [9.17, 15) is 14.4 Å². The van der Waals surface area contributed by atoms with Crippen molar-refractivity contribution >= 4 is 47.3 Å². The minimum absolute atomic E-state index is 0. The first-order chi connectivity index (χ1) is 4.52. The molecule has 4 nitrogen and oxygen atoms in total. The maximum absolute atomic E-state index is 10.4. The van der Waals surface area contributed by atoms with Gasteiger partial charge in [0.25, 0.3) is 0 Å². The van der Waals surface area contributed by atoms with Crippen LogP contribution >= 0.6 is 0 Å². The van der Waals surface area contributed by atoms with Crippen LogP contribution in [0.3, 0.4) is 0 Å². The van der Waals surface area contributed by atoms with Crippen LogP contribution in [-0.2, 0) is 19.1 Å². The molecule has 0 atom stereocenters. The molecular formula is C6H9NaO4. The second kappa shape index (κ2) is 6.52. The zero-order valence-electron chi connectivity index (χ0n) is 5.84. The predicted molar refractivity (Wildman–Crippen MR) is 39.2 cm³/mol. The van der Waals surface area contributed by atoms with Crippen molar-refractivity contribution in [2.75, 3.05) is 0 Å². The summed E-state index contributed by atoms with van der Waals surface area (Å²) in [5.74, 6) is -1.79. The molecule has 0 unspecified atom stereocenters. The van der Waals surface area contributed by atoms with E-state index in [2.05, 4.69) is 4.74 Å². The number of hydrogen-bond donors (Lipinski definition) is 0. The van der Waals surface area contributed by atoms with E-state index in [1.807, 2.05) is 0 Å². The molecule has 0 fully saturated rings. The topological polar surface area (TPSA) is 60.4 Å². The Morgan fingerprint density at radius 3 is 1.91 bits per heavy atom. The zero-order valence-corrected chi connectivity index (χ0v) is 5.84. The summed E-state index contributed by atoms with van der Waals surface area (Å²) in [6.07, 6.45) is -0.334. The molecule has 0 N–H and O–H groups in total. The van der Waals surface area contributed by atoms with Crippen molar-refractivity contribution < 1.29 is 19.1 Å². The molecule has 0 aliphatic carbocycles. The molecular weight excluding hydrogens is 159 g/mol. The fourth-order valence-corrected chi connectivity index (χ4v) is 0.400. The van der Waals surface area contributed by atoms with E-state index < -0.39 is 11.9 Å². The Labute approximate surface area is 86.6 Å². The summed E-state index contributed by atoms with van der Waals surface area (Å²) in [7, 11) is 0. The Bertz CT molecular complexity index is 157. The van der Waals surface area contributed by atoms with Gasteiger partial charge in [0.15, 0.2) is 0 Å². The molecule has 0 aromatic rings. The summed E-state index contributed by atoms with van der Waals surface area (Å²) in [4.78, 5) is 30.7. The Morgan fingerprint density at radius 1 is 1.18 bits per heavy atom. The molecule has 0 aliphatic heterocycles. The zero-order chi connectivity index (χ0) is 8.15. The monoisotopic (exact) mass is 168 g/mol. The van der Waals surface area contributed by atoms with Crippen LogP contribution in [0.1, 0.15) is 20.3 Å². The Balaban J connectivity index is 0. The van der Waals surface area contributed by atoms with Gasteiger partial charge in [-0.15, -0.1) is 0 Å². The van der Waals surface area contributed by atoms with Gasteiger partial charge in [0.1, 0.15) is 12.2 Å². The molecule has 58 valence electrons. The standard InChI is InChI=1S/C6H8O4.Na.H/c1-4(7)3-6(9)10-5(2)8;;/h3H2,1-2H3;;. The molecule has 5 heteroatoms. The summed E-state index contributed by atoms with van der Waals surface area (Å²) in [5, 5.41) is 0. The fourth-order valence-electron chi connectivity index (χ4n) is 0.400. The van der Waals surface area contributed by atoms with Crippen LogP contribution in [0.2, 0.25) is 0 Å². The molecule has 0 saturated carbocycles. The first-order valence-corrected chi connectivity index (χ1v) is 2.73. The number of carbonyl (C=O) groups excluding carboxylic acids is 3. The molecule has 0 saturated heterocycles. The molecule has 0 aliphatic rings. The predicted octanol–water partition coefficient (Wildman–Crippen LogP) is -0.593. The second-order valence-corrected chi connectivity index (χ2v) is 1.84. The molecule has 0 aromatic heterocycles. The van der Waals surface area contributed by atoms with Gasteiger partial charge in [-0.1, -0.05) is 0 Å². The van der Waals surface area contributed by atoms with Crippen molar-refractivity contribution in [3.8, 4) is 0 Å². The van der Waals surface area contributed by atoms with E-state index in [1.165, 1.54) is 6.92 Å². The van der Waals surface area contributed by atoms with Crippen LogP contribution in [0.15, 0.2) is 0 Å². The molecule has 0 aromatic carbocycles. The van der Waals surface area contributed by atoms with E-state index in [1.54, 1.807) is 0 Å². The minimum atomic E-state index is -0.792. The van der Waals surface area contributed by atoms with Crippen LogP contribution in [-0.4, -0.2) is 47.3 Å². The number of ether oxygens (including phenoxy) is 1. The van der Waals surface area contributed by atoms with Crippen LogP contribution < -0.4 is 0 Å². The molecule has 0 bridgehead atoms. The number of esters is 2. The average Bonchev–Trinajstić information content (AvgIpc) is 1.58. The van der Waals surface area contributed by atoms with Crippen LogP contribution in [0.4, 0.5) is 0 Å². The normalized spacial score (nSPS) is 7.82. The Morgan fingerprint density at radius 2 is 1.64 bits per heavy atom. The van der Waals surface area contributed by atoms with Gasteiger partial charge in [0.2, 0.25) is 0 Å². The second-order valence-electron chi connectivity index (χ2n) is 1.84. The summed E-state index contributed by atoms with van der Waals surface area (Å²) in [5.41, 5.74) is 0. The van der Waals surface area contributed by atoms with E-state index in [0.29, 0.717) is 0 Å². The van der Waals surface area contributed by atoms with Crippen molar-refractivity contribution in [2.45, 2.75) is 20.3 Å². The van der Waals surface area contributed by atoms with E-state index in [4.69, 9.17) is 0 Å². The van der Waals surface area contributed by atoms with Crippen LogP contribution in [0, 0.1) is 0 Å². The van der Waals surface area contributed by atoms with E-state index in [0.717, 1.165) is 6.92 Å². The maximum atomic E-state index is 10.4. The number of ketones is 1. The molecule has 0 amide bonds. The molecule has 0 radical (unpaired) electrons. The van der Waals surface area contributed by atoms with Gasteiger partial charge < -0.3 is 4.74 Å². The van der Waals surface area contributed by atoms with E-state index in [-0.39, 0.29) is 41.8 Å². The van der Waals surface area contributed by atoms with Gasteiger partial charge in [0, 0.05) is 6.92 Å². The van der Waals surface area contributed by atoms with Crippen molar-refractivity contribution in [1.82, 2.24) is 0 Å². The number of rotatable bonds is 2. The van der Waals surface area contributed by atoms with Crippen LogP contribution in [0.25, 0.3) is 0 Å². The Kier molecular flexibility index (Phi) is 7.94. The fraction of sp³-hybridized carbons (Fsp3) is 0.500. The van der Waals surface area contributed by atoms with Gasteiger partial charge in [-0.3, -0.25) is 14.4 Å². The van der Waals surface area contributed by atoms with Gasteiger partial charge in [-0.05, 0) is 6.92 Å². The van der Waals surface area contributed by atoms with Crippen molar-refractivity contribution in [3.63, 3.8) is 0 Å². The summed E-state index contributed by atoms with van der Waals surface area (Å²) in [6.45, 7) is 2.36. The van der Waals surface area contributed by atoms with Crippen molar-refractivity contribution in [3.05, 3.63) is 0 Å². The summed E-state index contributed by atoms with van der Waals surface area (Å²) < 4.78 is 4.06. The van der Waals surface area contributed by atoms with Gasteiger partial charge in [-0.2, -0.15) is 0 Å². The van der Waals surface area contributed by atoms with Gasteiger partial charge in [0.05, 0.1) is 0 Å². The first kappa shape index (κ1) is 13.4. The third kappa shape index (κ3) is 9.81. The third-order valence-electron chi connectivity index (χ3n) is 0.651. The number of Topliss-reactive ketones (excluding diaryl/α,β-unsaturated/α-hetero) is 1. The molecule has 11 heavy (non-hydrogen) atoms. The molecule has 0 heterocycles.